The van der Waals surface area contributed by atoms with Gasteiger partial charge in [-0.1, -0.05) is 15.9 Å². The third kappa shape index (κ3) is 2.48. The van der Waals surface area contributed by atoms with Crippen molar-refractivity contribution in [3.63, 3.8) is 0 Å². The van der Waals surface area contributed by atoms with E-state index in [1.165, 1.54) is 18.0 Å². The topological polar surface area (TPSA) is 57.0 Å². The van der Waals surface area contributed by atoms with Gasteiger partial charge in [0.15, 0.2) is 5.82 Å². The molecule has 0 amide bonds. The van der Waals surface area contributed by atoms with E-state index in [0.717, 1.165) is 4.47 Å². The molecule has 0 atom stereocenters. The Labute approximate surface area is 110 Å². The van der Waals surface area contributed by atoms with Crippen LogP contribution in [0.1, 0.15) is 10.4 Å². The van der Waals surface area contributed by atoms with Crippen molar-refractivity contribution in [1.29, 1.82) is 0 Å². The number of carbonyl (C=O) groups is 1. The minimum absolute atomic E-state index is 0.173. The van der Waals surface area contributed by atoms with Crippen molar-refractivity contribution in [3.8, 4) is 11.7 Å². The lowest BCUT2D eigenvalue weighted by atomic mass is 10.4. The second kappa shape index (κ2) is 4.85. The molecule has 0 radical (unpaired) electrons. The molecule has 0 aromatic carbocycles. The van der Waals surface area contributed by atoms with E-state index in [-0.39, 0.29) is 11.4 Å². The van der Waals surface area contributed by atoms with Gasteiger partial charge in [0.2, 0.25) is 5.88 Å². The average molecular weight is 317 g/mol. The molecule has 17 heavy (non-hydrogen) atoms. The number of halogens is 2. The SMILES string of the molecule is COc1nn(-c2cc(Br)ccn2)cc1C(=O)Cl. The molecule has 0 spiro atoms. The van der Waals surface area contributed by atoms with Gasteiger partial charge < -0.3 is 4.74 Å². The fraction of sp³-hybridized carbons (Fsp3) is 0.100. The van der Waals surface area contributed by atoms with Gasteiger partial charge >= 0.3 is 0 Å². The minimum atomic E-state index is -0.622. The summed E-state index contributed by atoms with van der Waals surface area (Å²) in [6.45, 7) is 0. The monoisotopic (exact) mass is 315 g/mol. The van der Waals surface area contributed by atoms with Crippen molar-refractivity contribution in [2.45, 2.75) is 0 Å². The molecular weight excluding hydrogens is 309 g/mol. The first-order valence-electron chi connectivity index (χ1n) is 4.57. The highest BCUT2D eigenvalue weighted by molar-refractivity contribution is 9.10. The largest absolute Gasteiger partial charge is 0.479 e. The van der Waals surface area contributed by atoms with Crippen molar-refractivity contribution in [2.75, 3.05) is 7.11 Å². The Morgan fingerprint density at radius 2 is 2.35 bits per heavy atom. The molecule has 0 saturated heterocycles. The number of ether oxygens (including phenoxy) is 1. The molecule has 0 aliphatic heterocycles. The summed E-state index contributed by atoms with van der Waals surface area (Å²) in [7, 11) is 1.42. The summed E-state index contributed by atoms with van der Waals surface area (Å²) in [5, 5.41) is 3.44. The Bertz CT molecular complexity index is 570. The fourth-order valence-corrected chi connectivity index (χ4v) is 1.73. The van der Waals surface area contributed by atoms with Gasteiger partial charge in [0.1, 0.15) is 5.56 Å². The smallest absolute Gasteiger partial charge is 0.259 e. The highest BCUT2D eigenvalue weighted by Crippen LogP contribution is 2.20. The lowest BCUT2D eigenvalue weighted by molar-refractivity contribution is 0.107. The number of methoxy groups -OCH3 is 1. The van der Waals surface area contributed by atoms with Crippen LogP contribution < -0.4 is 4.74 Å². The highest BCUT2D eigenvalue weighted by atomic mass is 79.9. The summed E-state index contributed by atoms with van der Waals surface area (Å²) in [4.78, 5) is 15.3. The average Bonchev–Trinajstić information content (AvgIpc) is 2.73. The maximum Gasteiger partial charge on any atom is 0.259 e. The van der Waals surface area contributed by atoms with Crippen LogP contribution in [-0.2, 0) is 0 Å². The molecule has 0 aliphatic carbocycles. The fourth-order valence-electron chi connectivity index (χ4n) is 1.28. The molecule has 2 aromatic rings. The molecule has 0 N–H and O–H groups in total. The normalized spacial score (nSPS) is 10.3. The van der Waals surface area contributed by atoms with Crippen molar-refractivity contribution in [1.82, 2.24) is 14.8 Å². The Balaban J connectivity index is 2.50. The van der Waals surface area contributed by atoms with Gasteiger partial charge in [-0.05, 0) is 23.7 Å². The van der Waals surface area contributed by atoms with Gasteiger partial charge in [-0.3, -0.25) is 4.79 Å². The van der Waals surface area contributed by atoms with Crippen LogP contribution in [-0.4, -0.2) is 27.1 Å². The molecule has 0 unspecified atom stereocenters. The van der Waals surface area contributed by atoms with Gasteiger partial charge in [0, 0.05) is 16.9 Å². The van der Waals surface area contributed by atoms with Crippen LogP contribution in [0, 0.1) is 0 Å². The number of rotatable bonds is 3. The molecule has 0 saturated carbocycles. The zero-order valence-corrected chi connectivity index (χ0v) is 11.1. The van der Waals surface area contributed by atoms with E-state index >= 15 is 0 Å². The predicted octanol–water partition coefficient (Wildman–Crippen LogP) is 2.42. The molecule has 7 heteroatoms. The van der Waals surface area contributed by atoms with E-state index in [4.69, 9.17) is 16.3 Å². The summed E-state index contributed by atoms with van der Waals surface area (Å²) in [6, 6.07) is 3.55. The first-order valence-corrected chi connectivity index (χ1v) is 5.74. The number of hydrogen-bond donors (Lipinski definition) is 0. The molecule has 5 nitrogen and oxygen atoms in total. The number of aromatic nitrogens is 3. The highest BCUT2D eigenvalue weighted by Gasteiger charge is 2.16. The standard InChI is InChI=1S/C10H7BrClN3O2/c1-17-10-7(9(12)16)5-15(14-10)8-4-6(11)2-3-13-8/h2-5H,1H3. The van der Waals surface area contributed by atoms with Crippen molar-refractivity contribution in [2.24, 2.45) is 0 Å². The first kappa shape index (κ1) is 12.1. The zero-order chi connectivity index (χ0) is 12.4. The molecule has 0 fully saturated rings. The van der Waals surface area contributed by atoms with E-state index in [9.17, 15) is 4.79 Å². The number of pyridine rings is 1. The van der Waals surface area contributed by atoms with Crippen LogP contribution in [0.3, 0.4) is 0 Å². The van der Waals surface area contributed by atoms with E-state index < -0.39 is 5.24 Å². The van der Waals surface area contributed by atoms with Gasteiger partial charge in [-0.15, -0.1) is 5.10 Å². The third-order valence-corrected chi connectivity index (χ3v) is 2.72. The lowest BCUT2D eigenvalue weighted by Gasteiger charge is -1.99. The summed E-state index contributed by atoms with van der Waals surface area (Å²) in [6.07, 6.45) is 3.10. The van der Waals surface area contributed by atoms with Crippen LogP contribution in [0.4, 0.5) is 0 Å². The molecule has 0 aliphatic rings. The van der Waals surface area contributed by atoms with Crippen LogP contribution in [0.5, 0.6) is 5.88 Å². The van der Waals surface area contributed by atoms with Crippen LogP contribution in [0.15, 0.2) is 29.0 Å². The molecular formula is C10H7BrClN3O2. The van der Waals surface area contributed by atoms with E-state index in [1.807, 2.05) is 0 Å². The Hall–Kier alpha value is -1.40. The molecule has 2 heterocycles. The first-order chi connectivity index (χ1) is 8.11. The maximum atomic E-state index is 11.1. The number of nitrogens with zero attached hydrogens (tertiary/aromatic N) is 3. The van der Waals surface area contributed by atoms with E-state index in [2.05, 4.69) is 26.0 Å². The molecule has 0 bridgehead atoms. The van der Waals surface area contributed by atoms with Crippen LogP contribution in [0.2, 0.25) is 0 Å². The van der Waals surface area contributed by atoms with Gasteiger partial charge in [-0.2, -0.15) is 0 Å². The van der Waals surface area contributed by atoms with Crippen molar-refractivity contribution in [3.05, 3.63) is 34.6 Å². The molecule has 2 aromatic heterocycles. The number of hydrogen-bond acceptors (Lipinski definition) is 4. The predicted molar refractivity (Wildman–Crippen MR) is 65.8 cm³/mol. The van der Waals surface area contributed by atoms with Gasteiger partial charge in [-0.25, -0.2) is 9.67 Å². The van der Waals surface area contributed by atoms with Crippen LogP contribution >= 0.6 is 27.5 Å². The molecule has 2 rings (SSSR count). The van der Waals surface area contributed by atoms with E-state index in [1.54, 1.807) is 18.3 Å². The van der Waals surface area contributed by atoms with Gasteiger partial charge in [0.05, 0.1) is 7.11 Å². The zero-order valence-electron chi connectivity index (χ0n) is 8.72. The third-order valence-electron chi connectivity index (χ3n) is 2.03. The summed E-state index contributed by atoms with van der Waals surface area (Å²) < 4.78 is 7.25. The second-order valence-corrected chi connectivity index (χ2v) is 4.36. The Morgan fingerprint density at radius 3 is 2.88 bits per heavy atom. The molecule has 88 valence electrons. The summed E-state index contributed by atoms with van der Waals surface area (Å²) in [5.41, 5.74) is 0.205. The Kier molecular flexibility index (Phi) is 3.44. The number of carbonyl (C=O) groups excluding carboxylic acids is 1. The van der Waals surface area contributed by atoms with Crippen LogP contribution in [0.25, 0.3) is 5.82 Å². The quantitative estimate of drug-likeness (QED) is 0.816. The summed E-state index contributed by atoms with van der Waals surface area (Å²) >= 11 is 8.74. The van der Waals surface area contributed by atoms with E-state index in [0.29, 0.717) is 5.82 Å². The lowest BCUT2D eigenvalue weighted by Crippen LogP contribution is -1.97. The van der Waals surface area contributed by atoms with Crippen molar-refractivity contribution >= 4 is 32.8 Å². The van der Waals surface area contributed by atoms with Gasteiger partial charge in [0.25, 0.3) is 5.24 Å². The Morgan fingerprint density at radius 1 is 1.59 bits per heavy atom. The maximum absolute atomic E-state index is 11.1. The summed E-state index contributed by atoms with van der Waals surface area (Å²) in [5.74, 6) is 0.730. The minimum Gasteiger partial charge on any atom is -0.479 e. The van der Waals surface area contributed by atoms with Crippen molar-refractivity contribution < 1.29 is 9.53 Å². The second-order valence-electron chi connectivity index (χ2n) is 3.10.